The number of aromatic nitrogens is 2. The first-order valence-electron chi connectivity index (χ1n) is 8.53. The molecular formula is C19H20F3N3O2S. The number of aromatic amines is 2. The van der Waals surface area contributed by atoms with E-state index in [-0.39, 0.29) is 5.56 Å². The lowest BCUT2D eigenvalue weighted by Gasteiger charge is -2.13. The summed E-state index contributed by atoms with van der Waals surface area (Å²) in [5.74, 6) is 0. The van der Waals surface area contributed by atoms with E-state index >= 15 is 0 Å². The zero-order valence-corrected chi connectivity index (χ0v) is 16.6. The highest BCUT2D eigenvalue weighted by molar-refractivity contribution is 8.00. The molecule has 2 aromatic carbocycles. The highest BCUT2D eigenvalue weighted by Gasteiger charge is 2.32. The molecule has 0 amide bonds. The quantitative estimate of drug-likeness (QED) is 0.419. The van der Waals surface area contributed by atoms with Crippen molar-refractivity contribution >= 4 is 28.7 Å². The Bertz CT molecular complexity index is 1100. The van der Waals surface area contributed by atoms with Crippen molar-refractivity contribution in [2.45, 2.75) is 38.8 Å². The van der Waals surface area contributed by atoms with E-state index in [1.807, 2.05) is 13.8 Å². The number of benzene rings is 2. The highest BCUT2D eigenvalue weighted by atomic mass is 32.2. The third-order valence-corrected chi connectivity index (χ3v) is 4.84. The number of alkyl halides is 3. The van der Waals surface area contributed by atoms with Crippen LogP contribution in [0.4, 0.5) is 18.9 Å². The third kappa shape index (κ3) is 4.78. The van der Waals surface area contributed by atoms with Crippen molar-refractivity contribution in [3.63, 3.8) is 0 Å². The Morgan fingerprint density at radius 2 is 1.46 bits per heavy atom. The molecule has 0 saturated heterocycles. The molecular weight excluding hydrogens is 391 g/mol. The Balaban J connectivity index is 0.00000136. The topological polar surface area (TPSA) is 77.8 Å². The first-order chi connectivity index (χ1) is 13.1. The van der Waals surface area contributed by atoms with Crippen LogP contribution in [0.3, 0.4) is 0 Å². The standard InChI is InChI=1S/C17H14F3N3O2S.C2H6/c1-8-3-4-10(6-11(8)17(18,19)20)23-26-14-7-13-12(5-9(14)2)21-15(24)16(25)22-13;1-2/h3-7,23H,1-2H3,(H,21,24)(H,22,25);1-2H3. The molecule has 3 N–H and O–H groups in total. The molecule has 5 nitrogen and oxygen atoms in total. The number of rotatable bonds is 3. The van der Waals surface area contributed by atoms with Crippen LogP contribution in [-0.2, 0) is 6.18 Å². The van der Waals surface area contributed by atoms with Crippen LogP contribution in [0, 0.1) is 13.8 Å². The number of nitrogens with one attached hydrogen (secondary N) is 3. The van der Waals surface area contributed by atoms with E-state index in [2.05, 4.69) is 14.7 Å². The number of H-pyrrole nitrogens is 2. The summed E-state index contributed by atoms with van der Waals surface area (Å²) in [6.07, 6.45) is -4.42. The Labute approximate surface area is 163 Å². The molecule has 0 aliphatic carbocycles. The molecule has 0 fully saturated rings. The lowest BCUT2D eigenvalue weighted by Crippen LogP contribution is -2.28. The van der Waals surface area contributed by atoms with Crippen LogP contribution < -0.4 is 15.8 Å². The zero-order chi connectivity index (χ0) is 21.1. The minimum absolute atomic E-state index is 0.150. The van der Waals surface area contributed by atoms with Gasteiger partial charge in [0.2, 0.25) is 0 Å². The van der Waals surface area contributed by atoms with Crippen molar-refractivity contribution in [2.75, 3.05) is 4.72 Å². The van der Waals surface area contributed by atoms with Crippen LogP contribution in [0.5, 0.6) is 0 Å². The second-order valence-corrected chi connectivity index (χ2v) is 6.65. The Hall–Kier alpha value is -2.68. The lowest BCUT2D eigenvalue weighted by atomic mass is 10.1. The second kappa shape index (κ2) is 8.55. The summed E-state index contributed by atoms with van der Waals surface area (Å²) < 4.78 is 41.9. The lowest BCUT2D eigenvalue weighted by molar-refractivity contribution is -0.138. The molecule has 28 heavy (non-hydrogen) atoms. The van der Waals surface area contributed by atoms with Crippen molar-refractivity contribution in [1.29, 1.82) is 0 Å². The molecule has 0 aliphatic heterocycles. The van der Waals surface area contributed by atoms with Crippen molar-refractivity contribution < 1.29 is 13.2 Å². The summed E-state index contributed by atoms with van der Waals surface area (Å²) in [7, 11) is 0. The molecule has 1 aromatic heterocycles. The van der Waals surface area contributed by atoms with Gasteiger partial charge in [-0.05, 0) is 61.2 Å². The largest absolute Gasteiger partial charge is 0.416 e. The number of hydrogen-bond donors (Lipinski definition) is 3. The second-order valence-electron chi connectivity index (χ2n) is 5.80. The van der Waals surface area contributed by atoms with Gasteiger partial charge < -0.3 is 14.7 Å². The number of aryl methyl sites for hydroxylation is 2. The van der Waals surface area contributed by atoms with E-state index in [9.17, 15) is 22.8 Å². The van der Waals surface area contributed by atoms with Gasteiger partial charge in [-0.1, -0.05) is 19.9 Å². The van der Waals surface area contributed by atoms with Crippen molar-refractivity contribution in [3.05, 3.63) is 67.7 Å². The maximum absolute atomic E-state index is 13.0. The predicted octanol–water partition coefficient (Wildman–Crippen LogP) is 5.00. The average Bonchev–Trinajstić information content (AvgIpc) is 2.63. The molecule has 3 aromatic rings. The minimum Gasteiger partial charge on any atom is -0.326 e. The minimum atomic E-state index is -4.42. The van der Waals surface area contributed by atoms with Gasteiger partial charge in [-0.2, -0.15) is 13.2 Å². The van der Waals surface area contributed by atoms with Gasteiger partial charge in [0, 0.05) is 10.6 Å². The SMILES string of the molecule is CC.Cc1cc2[nH]c(=O)c(=O)[nH]c2cc1SNc1ccc(C)c(C(F)(F)F)c1. The van der Waals surface area contributed by atoms with Gasteiger partial charge in [-0.3, -0.25) is 9.59 Å². The third-order valence-electron chi connectivity index (χ3n) is 3.84. The molecule has 3 rings (SSSR count). The van der Waals surface area contributed by atoms with Gasteiger partial charge in [0.05, 0.1) is 16.6 Å². The Kier molecular flexibility index (Phi) is 6.60. The first-order valence-corrected chi connectivity index (χ1v) is 9.34. The van der Waals surface area contributed by atoms with Gasteiger partial charge in [-0.25, -0.2) is 0 Å². The molecule has 0 atom stereocenters. The predicted molar refractivity (Wildman–Crippen MR) is 107 cm³/mol. The molecule has 0 spiro atoms. The fourth-order valence-corrected chi connectivity index (χ4v) is 3.22. The molecule has 150 valence electrons. The number of halogens is 3. The highest BCUT2D eigenvalue weighted by Crippen LogP contribution is 2.35. The van der Waals surface area contributed by atoms with E-state index in [4.69, 9.17) is 0 Å². The first kappa shape index (κ1) is 21.6. The Morgan fingerprint density at radius 3 is 2.04 bits per heavy atom. The molecule has 0 saturated carbocycles. The summed E-state index contributed by atoms with van der Waals surface area (Å²) in [6, 6.07) is 7.36. The fraction of sp³-hybridized carbons (Fsp3) is 0.263. The van der Waals surface area contributed by atoms with Gasteiger partial charge >= 0.3 is 17.3 Å². The van der Waals surface area contributed by atoms with Crippen molar-refractivity contribution in [3.8, 4) is 0 Å². The van der Waals surface area contributed by atoms with Crippen LogP contribution in [0.1, 0.15) is 30.5 Å². The zero-order valence-electron chi connectivity index (χ0n) is 15.7. The number of hydrogen-bond acceptors (Lipinski definition) is 4. The molecule has 0 unspecified atom stereocenters. The molecule has 0 bridgehead atoms. The normalized spacial score (nSPS) is 11.1. The van der Waals surface area contributed by atoms with Crippen LogP contribution in [0.25, 0.3) is 11.0 Å². The van der Waals surface area contributed by atoms with Crippen LogP contribution in [0.2, 0.25) is 0 Å². The van der Waals surface area contributed by atoms with Gasteiger partial charge in [-0.15, -0.1) is 0 Å². The van der Waals surface area contributed by atoms with Crippen molar-refractivity contribution in [2.24, 2.45) is 0 Å². The molecule has 9 heteroatoms. The number of fused-ring (bicyclic) bond motifs is 1. The van der Waals surface area contributed by atoms with Gasteiger partial charge in [0.25, 0.3) is 0 Å². The van der Waals surface area contributed by atoms with E-state index in [0.717, 1.165) is 23.6 Å². The van der Waals surface area contributed by atoms with Crippen LogP contribution in [-0.4, -0.2) is 9.97 Å². The summed E-state index contributed by atoms with van der Waals surface area (Å²) in [4.78, 5) is 28.5. The van der Waals surface area contributed by atoms with E-state index in [1.54, 1.807) is 25.1 Å². The van der Waals surface area contributed by atoms with Gasteiger partial charge in [0.15, 0.2) is 0 Å². The molecule has 0 aliphatic rings. The van der Waals surface area contributed by atoms with Crippen LogP contribution in [0.15, 0.2) is 44.8 Å². The van der Waals surface area contributed by atoms with Crippen LogP contribution >= 0.6 is 11.9 Å². The van der Waals surface area contributed by atoms with E-state index in [1.165, 1.54) is 13.0 Å². The monoisotopic (exact) mass is 411 g/mol. The summed E-state index contributed by atoms with van der Waals surface area (Å²) in [5.41, 5.74) is -0.0381. The van der Waals surface area contributed by atoms with E-state index in [0.29, 0.717) is 21.6 Å². The number of anilines is 1. The summed E-state index contributed by atoms with van der Waals surface area (Å²) >= 11 is 1.12. The van der Waals surface area contributed by atoms with Crippen molar-refractivity contribution in [1.82, 2.24) is 9.97 Å². The smallest absolute Gasteiger partial charge is 0.326 e. The summed E-state index contributed by atoms with van der Waals surface area (Å²) in [5, 5.41) is 0. The Morgan fingerprint density at radius 1 is 0.893 bits per heavy atom. The fourth-order valence-electron chi connectivity index (χ4n) is 2.47. The van der Waals surface area contributed by atoms with Gasteiger partial charge in [0.1, 0.15) is 0 Å². The maximum Gasteiger partial charge on any atom is 0.416 e. The molecule has 1 heterocycles. The average molecular weight is 411 g/mol. The molecule has 0 radical (unpaired) electrons. The summed E-state index contributed by atoms with van der Waals surface area (Å²) in [6.45, 7) is 7.20. The maximum atomic E-state index is 13.0. The van der Waals surface area contributed by atoms with E-state index < -0.39 is 22.9 Å².